The van der Waals surface area contributed by atoms with E-state index >= 15 is 0 Å². The molecule has 0 fully saturated rings. The number of rotatable bonds is 5. The van der Waals surface area contributed by atoms with E-state index in [9.17, 15) is 9.90 Å². The molecule has 0 aliphatic rings. The molecule has 21 heavy (non-hydrogen) atoms. The number of aromatic carboxylic acids is 1. The number of nitrogens with zero attached hydrogens (tertiary/aromatic N) is 3. The van der Waals surface area contributed by atoms with E-state index < -0.39 is 5.97 Å². The van der Waals surface area contributed by atoms with Crippen LogP contribution >= 0.6 is 0 Å². The van der Waals surface area contributed by atoms with Gasteiger partial charge in [-0.1, -0.05) is 29.8 Å². The Morgan fingerprint density at radius 2 is 1.81 bits per heavy atom. The van der Waals surface area contributed by atoms with Crippen LogP contribution in [-0.4, -0.2) is 34.1 Å². The van der Waals surface area contributed by atoms with Crippen molar-refractivity contribution in [2.24, 2.45) is 0 Å². The number of carbonyl (C=O) groups is 1. The smallest absolute Gasteiger partial charge is 0.341 e. The SMILES string of the molecule is CCN(CC)c1nc(-c2ccc(C)cc2)ncc1C(=O)O. The molecule has 0 aliphatic heterocycles. The third-order valence-electron chi connectivity index (χ3n) is 3.37. The van der Waals surface area contributed by atoms with Gasteiger partial charge in [-0.25, -0.2) is 14.8 Å². The van der Waals surface area contributed by atoms with Gasteiger partial charge >= 0.3 is 5.97 Å². The van der Waals surface area contributed by atoms with Gasteiger partial charge in [0.05, 0.1) is 0 Å². The van der Waals surface area contributed by atoms with Crippen LogP contribution in [0.15, 0.2) is 30.5 Å². The Morgan fingerprint density at radius 1 is 1.19 bits per heavy atom. The maximum absolute atomic E-state index is 11.3. The number of aryl methyl sites for hydroxylation is 1. The molecule has 1 N–H and O–H groups in total. The Hall–Kier alpha value is -2.43. The topological polar surface area (TPSA) is 66.3 Å². The first-order valence-electron chi connectivity index (χ1n) is 6.99. The molecule has 2 rings (SSSR count). The predicted octanol–water partition coefficient (Wildman–Crippen LogP) is 3.00. The fourth-order valence-electron chi connectivity index (χ4n) is 2.13. The van der Waals surface area contributed by atoms with Crippen molar-refractivity contribution < 1.29 is 9.90 Å². The lowest BCUT2D eigenvalue weighted by Gasteiger charge is -2.21. The van der Waals surface area contributed by atoms with Gasteiger partial charge in [0, 0.05) is 24.8 Å². The van der Waals surface area contributed by atoms with Gasteiger partial charge in [0.1, 0.15) is 11.4 Å². The van der Waals surface area contributed by atoms with Crippen LogP contribution < -0.4 is 4.90 Å². The van der Waals surface area contributed by atoms with Crippen molar-refractivity contribution in [1.82, 2.24) is 9.97 Å². The van der Waals surface area contributed by atoms with Crippen molar-refractivity contribution in [3.05, 3.63) is 41.6 Å². The van der Waals surface area contributed by atoms with Crippen molar-refractivity contribution in [2.45, 2.75) is 20.8 Å². The highest BCUT2D eigenvalue weighted by Crippen LogP contribution is 2.22. The minimum Gasteiger partial charge on any atom is -0.477 e. The molecule has 5 heteroatoms. The molecule has 5 nitrogen and oxygen atoms in total. The lowest BCUT2D eigenvalue weighted by atomic mass is 10.1. The standard InChI is InChI=1S/C16H19N3O2/c1-4-19(5-2)15-13(16(20)21)10-17-14(18-15)12-8-6-11(3)7-9-12/h6-10H,4-5H2,1-3H3,(H,20,21). The van der Waals surface area contributed by atoms with Crippen molar-refractivity contribution in [2.75, 3.05) is 18.0 Å². The average Bonchev–Trinajstić information content (AvgIpc) is 2.49. The van der Waals surface area contributed by atoms with Crippen LogP contribution in [0, 0.1) is 6.92 Å². The first kappa shape index (κ1) is 15.0. The van der Waals surface area contributed by atoms with E-state index in [4.69, 9.17) is 0 Å². The summed E-state index contributed by atoms with van der Waals surface area (Å²) in [7, 11) is 0. The van der Waals surface area contributed by atoms with E-state index in [0.717, 1.165) is 11.1 Å². The molecule has 2 aromatic rings. The number of hydrogen-bond acceptors (Lipinski definition) is 4. The van der Waals surface area contributed by atoms with Crippen molar-refractivity contribution in [3.63, 3.8) is 0 Å². The predicted molar refractivity (Wildman–Crippen MR) is 82.7 cm³/mol. The zero-order chi connectivity index (χ0) is 15.4. The largest absolute Gasteiger partial charge is 0.477 e. The van der Waals surface area contributed by atoms with E-state index in [2.05, 4.69) is 9.97 Å². The maximum atomic E-state index is 11.3. The van der Waals surface area contributed by atoms with Gasteiger partial charge in [-0.15, -0.1) is 0 Å². The molecule has 0 amide bonds. The maximum Gasteiger partial charge on any atom is 0.341 e. The molecule has 0 unspecified atom stereocenters. The summed E-state index contributed by atoms with van der Waals surface area (Å²) in [5.74, 6) is 0.00679. The second-order valence-electron chi connectivity index (χ2n) is 4.77. The minimum absolute atomic E-state index is 0.134. The van der Waals surface area contributed by atoms with Gasteiger partial charge in [-0.3, -0.25) is 0 Å². The van der Waals surface area contributed by atoms with E-state index in [1.54, 1.807) is 0 Å². The third-order valence-corrected chi connectivity index (χ3v) is 3.37. The van der Waals surface area contributed by atoms with Crippen LogP contribution in [0.2, 0.25) is 0 Å². The second-order valence-corrected chi connectivity index (χ2v) is 4.77. The molecule has 1 aromatic heterocycles. The molecule has 0 saturated carbocycles. The van der Waals surface area contributed by atoms with E-state index in [0.29, 0.717) is 24.7 Å². The van der Waals surface area contributed by atoms with Crippen LogP contribution in [-0.2, 0) is 0 Å². The van der Waals surface area contributed by atoms with Crippen LogP contribution in [0.25, 0.3) is 11.4 Å². The summed E-state index contributed by atoms with van der Waals surface area (Å²) < 4.78 is 0. The summed E-state index contributed by atoms with van der Waals surface area (Å²) in [5, 5.41) is 9.30. The Morgan fingerprint density at radius 3 is 2.33 bits per heavy atom. The Bertz CT molecular complexity index is 634. The van der Waals surface area contributed by atoms with Gasteiger partial charge < -0.3 is 10.0 Å². The number of hydrogen-bond donors (Lipinski definition) is 1. The Balaban J connectivity index is 2.52. The number of benzene rings is 1. The first-order chi connectivity index (χ1) is 10.1. The summed E-state index contributed by atoms with van der Waals surface area (Å²) in [5.41, 5.74) is 2.17. The molecule has 0 aliphatic carbocycles. The minimum atomic E-state index is -1.01. The zero-order valence-corrected chi connectivity index (χ0v) is 12.5. The highest BCUT2D eigenvalue weighted by atomic mass is 16.4. The summed E-state index contributed by atoms with van der Waals surface area (Å²) in [6.07, 6.45) is 1.39. The molecule has 0 spiro atoms. The fraction of sp³-hybridized carbons (Fsp3) is 0.312. The highest BCUT2D eigenvalue weighted by molar-refractivity contribution is 5.93. The summed E-state index contributed by atoms with van der Waals surface area (Å²) >= 11 is 0. The molecule has 0 bridgehead atoms. The van der Waals surface area contributed by atoms with E-state index in [1.807, 2.05) is 49.9 Å². The molecule has 1 aromatic carbocycles. The normalized spacial score (nSPS) is 10.4. The number of carboxylic acids is 1. The Labute approximate surface area is 124 Å². The molecule has 1 heterocycles. The van der Waals surface area contributed by atoms with Gasteiger partial charge in [0.25, 0.3) is 0 Å². The highest BCUT2D eigenvalue weighted by Gasteiger charge is 2.18. The van der Waals surface area contributed by atoms with Crippen LogP contribution in [0.5, 0.6) is 0 Å². The molecular formula is C16H19N3O2. The van der Waals surface area contributed by atoms with E-state index in [-0.39, 0.29) is 5.56 Å². The van der Waals surface area contributed by atoms with Crippen LogP contribution in [0.1, 0.15) is 29.8 Å². The van der Waals surface area contributed by atoms with E-state index in [1.165, 1.54) is 6.20 Å². The summed E-state index contributed by atoms with van der Waals surface area (Å²) in [6, 6.07) is 7.86. The average molecular weight is 285 g/mol. The van der Waals surface area contributed by atoms with Crippen molar-refractivity contribution in [3.8, 4) is 11.4 Å². The quantitative estimate of drug-likeness (QED) is 0.914. The molecule has 0 atom stereocenters. The Kier molecular flexibility index (Phi) is 4.52. The third kappa shape index (κ3) is 3.18. The summed E-state index contributed by atoms with van der Waals surface area (Å²) in [6.45, 7) is 7.35. The molecule has 0 radical (unpaired) electrons. The lowest BCUT2D eigenvalue weighted by Crippen LogP contribution is -2.26. The summed E-state index contributed by atoms with van der Waals surface area (Å²) in [4.78, 5) is 21.9. The molecule has 110 valence electrons. The first-order valence-corrected chi connectivity index (χ1v) is 6.99. The van der Waals surface area contributed by atoms with Crippen molar-refractivity contribution >= 4 is 11.8 Å². The number of anilines is 1. The number of carboxylic acid groups (broad SMARTS) is 1. The fourth-order valence-corrected chi connectivity index (χ4v) is 2.13. The van der Waals surface area contributed by atoms with Crippen LogP contribution in [0.3, 0.4) is 0 Å². The van der Waals surface area contributed by atoms with Crippen LogP contribution in [0.4, 0.5) is 5.82 Å². The molecule has 0 saturated heterocycles. The second kappa shape index (κ2) is 6.35. The zero-order valence-electron chi connectivity index (χ0n) is 12.5. The van der Waals surface area contributed by atoms with Gasteiger partial charge in [0.15, 0.2) is 5.82 Å². The number of aromatic nitrogens is 2. The monoisotopic (exact) mass is 285 g/mol. The van der Waals surface area contributed by atoms with Gasteiger partial charge in [0.2, 0.25) is 0 Å². The lowest BCUT2D eigenvalue weighted by molar-refractivity contribution is 0.0696. The van der Waals surface area contributed by atoms with Gasteiger partial charge in [-0.05, 0) is 20.8 Å². The molecular weight excluding hydrogens is 266 g/mol. The van der Waals surface area contributed by atoms with Crippen molar-refractivity contribution in [1.29, 1.82) is 0 Å². The van der Waals surface area contributed by atoms with Gasteiger partial charge in [-0.2, -0.15) is 0 Å².